The van der Waals surface area contributed by atoms with Crippen molar-refractivity contribution in [1.82, 2.24) is 20.2 Å². The summed E-state index contributed by atoms with van der Waals surface area (Å²) in [7, 11) is 0. The molecule has 5 nitrogen and oxygen atoms in total. The molecule has 2 N–H and O–H groups in total. The van der Waals surface area contributed by atoms with E-state index in [0.717, 1.165) is 38.9 Å². The maximum Gasteiger partial charge on any atom is 0.224 e. The van der Waals surface area contributed by atoms with Crippen LogP contribution in [0.1, 0.15) is 26.2 Å². The molecule has 5 heteroatoms. The van der Waals surface area contributed by atoms with E-state index in [9.17, 15) is 4.79 Å². The number of nitrogens with zero attached hydrogens (tertiary/aromatic N) is 2. The van der Waals surface area contributed by atoms with E-state index >= 15 is 0 Å². The number of carbonyl (C=O) groups excluding carboxylic acids is 1. The van der Waals surface area contributed by atoms with Crippen molar-refractivity contribution < 1.29 is 4.79 Å². The zero-order chi connectivity index (χ0) is 12.8. The highest BCUT2D eigenvalue weighted by Gasteiger charge is 2.23. The molecule has 1 aromatic rings. The van der Waals surface area contributed by atoms with Crippen LogP contribution < -0.4 is 10.6 Å². The summed E-state index contributed by atoms with van der Waals surface area (Å²) in [5.41, 5.74) is 0. The van der Waals surface area contributed by atoms with Crippen molar-refractivity contribution in [1.29, 1.82) is 0 Å². The Hall–Kier alpha value is -1.36. The van der Waals surface area contributed by atoms with Gasteiger partial charge in [0.05, 0.1) is 12.2 Å². The minimum Gasteiger partial charge on any atom is -0.356 e. The maximum atomic E-state index is 11.9. The molecule has 0 spiro atoms. The van der Waals surface area contributed by atoms with E-state index in [0.29, 0.717) is 6.04 Å². The van der Waals surface area contributed by atoms with Gasteiger partial charge in [-0.3, -0.25) is 4.79 Å². The molecule has 1 fully saturated rings. The van der Waals surface area contributed by atoms with Gasteiger partial charge in [-0.25, -0.2) is 4.98 Å². The topological polar surface area (TPSA) is 59.0 Å². The summed E-state index contributed by atoms with van der Waals surface area (Å²) in [4.78, 5) is 15.9. The van der Waals surface area contributed by atoms with Gasteiger partial charge in [0.15, 0.2) is 0 Å². The van der Waals surface area contributed by atoms with E-state index in [1.54, 1.807) is 12.5 Å². The number of nitrogens with one attached hydrogen (secondary N) is 2. The first-order chi connectivity index (χ1) is 8.75. The number of imidazole rings is 1. The quantitative estimate of drug-likeness (QED) is 0.759. The molecule has 2 heterocycles. The first-order valence-corrected chi connectivity index (χ1v) is 6.72. The summed E-state index contributed by atoms with van der Waals surface area (Å²) in [5.74, 6) is 0.342. The molecule has 1 aromatic heterocycles. The van der Waals surface area contributed by atoms with E-state index in [1.165, 1.54) is 0 Å². The molecule has 2 unspecified atom stereocenters. The van der Waals surface area contributed by atoms with Crippen molar-refractivity contribution in [3.8, 4) is 0 Å². The van der Waals surface area contributed by atoms with Crippen molar-refractivity contribution in [3.63, 3.8) is 0 Å². The van der Waals surface area contributed by atoms with Crippen LogP contribution in [0.3, 0.4) is 0 Å². The summed E-state index contributed by atoms with van der Waals surface area (Å²) in [6.45, 7) is 4.62. The lowest BCUT2D eigenvalue weighted by atomic mass is 9.95. The van der Waals surface area contributed by atoms with Gasteiger partial charge in [0, 0.05) is 38.1 Å². The predicted molar refractivity (Wildman–Crippen MR) is 70.0 cm³/mol. The minimum atomic E-state index is 0.148. The molecule has 1 aliphatic rings. The van der Waals surface area contributed by atoms with Gasteiger partial charge < -0.3 is 15.2 Å². The van der Waals surface area contributed by atoms with Crippen LogP contribution in [0.15, 0.2) is 18.7 Å². The van der Waals surface area contributed by atoms with Gasteiger partial charge in [-0.1, -0.05) is 0 Å². The SMILES string of the molecule is CC1CCC(C(=O)NCCCn2ccnc2)CN1. The van der Waals surface area contributed by atoms with E-state index in [1.807, 2.05) is 10.8 Å². The zero-order valence-electron chi connectivity index (χ0n) is 10.9. The molecule has 0 aliphatic carbocycles. The molecule has 1 saturated heterocycles. The Balaban J connectivity index is 1.60. The second-order valence-electron chi connectivity index (χ2n) is 5.03. The number of rotatable bonds is 5. The predicted octanol–water partition coefficient (Wildman–Crippen LogP) is 0.777. The first kappa shape index (κ1) is 13.1. The summed E-state index contributed by atoms with van der Waals surface area (Å²) < 4.78 is 2.02. The number of amides is 1. The third-order valence-corrected chi connectivity index (χ3v) is 3.48. The van der Waals surface area contributed by atoms with Crippen LogP contribution in [0.4, 0.5) is 0 Å². The van der Waals surface area contributed by atoms with Crippen molar-refractivity contribution in [2.75, 3.05) is 13.1 Å². The monoisotopic (exact) mass is 250 g/mol. The molecule has 2 rings (SSSR count). The van der Waals surface area contributed by atoms with Gasteiger partial charge >= 0.3 is 0 Å². The van der Waals surface area contributed by atoms with Crippen LogP contribution in [0.5, 0.6) is 0 Å². The maximum absolute atomic E-state index is 11.9. The lowest BCUT2D eigenvalue weighted by Gasteiger charge is -2.26. The van der Waals surface area contributed by atoms with Crippen LogP contribution in [0, 0.1) is 5.92 Å². The fraction of sp³-hybridized carbons (Fsp3) is 0.692. The van der Waals surface area contributed by atoms with Gasteiger partial charge in [0.1, 0.15) is 0 Å². The van der Waals surface area contributed by atoms with E-state index in [-0.39, 0.29) is 11.8 Å². The first-order valence-electron chi connectivity index (χ1n) is 6.72. The highest BCUT2D eigenvalue weighted by atomic mass is 16.1. The van der Waals surface area contributed by atoms with Crippen LogP contribution in [0.2, 0.25) is 0 Å². The molecule has 2 atom stereocenters. The Morgan fingerprint density at radius 3 is 3.11 bits per heavy atom. The summed E-state index contributed by atoms with van der Waals surface area (Å²) in [5, 5.41) is 6.37. The normalized spacial score (nSPS) is 23.8. The molecule has 0 saturated carbocycles. The number of aryl methyl sites for hydroxylation is 1. The van der Waals surface area contributed by atoms with Crippen LogP contribution in [0.25, 0.3) is 0 Å². The Kier molecular flexibility index (Phi) is 4.75. The van der Waals surface area contributed by atoms with E-state index in [2.05, 4.69) is 22.5 Å². The lowest BCUT2D eigenvalue weighted by molar-refractivity contribution is -0.125. The molecule has 1 amide bonds. The molecular weight excluding hydrogens is 228 g/mol. The second kappa shape index (κ2) is 6.54. The van der Waals surface area contributed by atoms with Gasteiger partial charge in [-0.2, -0.15) is 0 Å². The molecule has 100 valence electrons. The minimum absolute atomic E-state index is 0.148. The van der Waals surface area contributed by atoms with Crippen LogP contribution in [-0.4, -0.2) is 34.6 Å². The van der Waals surface area contributed by atoms with Crippen LogP contribution >= 0.6 is 0 Å². The zero-order valence-corrected chi connectivity index (χ0v) is 10.9. The molecule has 0 bridgehead atoms. The third kappa shape index (κ3) is 3.84. The average Bonchev–Trinajstić information content (AvgIpc) is 2.88. The van der Waals surface area contributed by atoms with Crippen molar-refractivity contribution in [3.05, 3.63) is 18.7 Å². The standard InChI is InChI=1S/C13H22N4O/c1-11-3-4-12(9-16-11)13(18)15-5-2-7-17-8-6-14-10-17/h6,8,10-12,16H,2-5,7,9H2,1H3,(H,15,18). The summed E-state index contributed by atoms with van der Waals surface area (Å²) in [6.07, 6.45) is 8.54. The second-order valence-corrected chi connectivity index (χ2v) is 5.03. The molecule has 18 heavy (non-hydrogen) atoms. The number of hydrogen-bond donors (Lipinski definition) is 2. The van der Waals surface area contributed by atoms with Gasteiger partial charge in [0.25, 0.3) is 0 Å². The van der Waals surface area contributed by atoms with Crippen molar-refractivity contribution in [2.24, 2.45) is 5.92 Å². The third-order valence-electron chi connectivity index (χ3n) is 3.48. The summed E-state index contributed by atoms with van der Waals surface area (Å²) >= 11 is 0. The smallest absolute Gasteiger partial charge is 0.224 e. The number of carbonyl (C=O) groups is 1. The molecule has 0 radical (unpaired) electrons. The Morgan fingerprint density at radius 1 is 1.56 bits per heavy atom. The van der Waals surface area contributed by atoms with E-state index in [4.69, 9.17) is 0 Å². The Bertz CT molecular complexity index is 355. The molecule has 0 aromatic carbocycles. The molecular formula is C13H22N4O. The molecule has 1 aliphatic heterocycles. The highest BCUT2D eigenvalue weighted by molar-refractivity contribution is 5.78. The Morgan fingerprint density at radius 2 is 2.44 bits per heavy atom. The van der Waals surface area contributed by atoms with E-state index < -0.39 is 0 Å². The number of hydrogen-bond acceptors (Lipinski definition) is 3. The fourth-order valence-electron chi connectivity index (χ4n) is 2.26. The average molecular weight is 250 g/mol. The fourth-order valence-corrected chi connectivity index (χ4v) is 2.26. The largest absolute Gasteiger partial charge is 0.356 e. The van der Waals surface area contributed by atoms with Crippen LogP contribution in [-0.2, 0) is 11.3 Å². The van der Waals surface area contributed by atoms with Crippen molar-refractivity contribution >= 4 is 5.91 Å². The van der Waals surface area contributed by atoms with Gasteiger partial charge in [-0.05, 0) is 26.2 Å². The van der Waals surface area contributed by atoms with Gasteiger partial charge in [0.2, 0.25) is 5.91 Å². The lowest BCUT2D eigenvalue weighted by Crippen LogP contribution is -2.44. The number of piperidine rings is 1. The summed E-state index contributed by atoms with van der Waals surface area (Å²) in [6, 6.07) is 0.551. The van der Waals surface area contributed by atoms with Crippen molar-refractivity contribution in [2.45, 2.75) is 38.8 Å². The number of aromatic nitrogens is 2. The van der Waals surface area contributed by atoms with Gasteiger partial charge in [-0.15, -0.1) is 0 Å². The highest BCUT2D eigenvalue weighted by Crippen LogP contribution is 2.13. The Labute approximate surface area is 108 Å².